The van der Waals surface area contributed by atoms with Crippen LogP contribution in [0.2, 0.25) is 0 Å². The van der Waals surface area contributed by atoms with Crippen molar-refractivity contribution in [3.05, 3.63) is 75.0 Å². The van der Waals surface area contributed by atoms with Crippen LogP contribution in [0.5, 0.6) is 0 Å². The van der Waals surface area contributed by atoms with Crippen molar-refractivity contribution in [3.8, 4) is 0 Å². The van der Waals surface area contributed by atoms with Crippen LogP contribution in [-0.4, -0.2) is 110 Å². The maximum Gasteiger partial charge on any atom is 0.314 e. The Hall–Kier alpha value is -3.34. The third-order valence-electron chi connectivity index (χ3n) is 9.10. The van der Waals surface area contributed by atoms with Crippen LogP contribution in [0.4, 0.5) is 23.3 Å². The van der Waals surface area contributed by atoms with Crippen LogP contribution < -0.4 is 20.9 Å². The molecule has 0 unspecified atom stereocenters. The number of carbonyl (C=O) groups is 6. The van der Waals surface area contributed by atoms with E-state index in [1.54, 1.807) is 20.5 Å². The number of hydrogen-bond acceptors (Lipinski definition) is 13. The minimum absolute atomic E-state index is 0. The van der Waals surface area contributed by atoms with Crippen molar-refractivity contribution in [1.82, 2.24) is 39.5 Å². The molecule has 25 heteroatoms. The predicted molar refractivity (Wildman–Crippen MR) is 270 cm³/mol. The summed E-state index contributed by atoms with van der Waals surface area (Å²) in [5.74, 6) is 1.24. The topological polar surface area (TPSA) is 292 Å². The third kappa shape index (κ3) is 26.6. The number of rotatable bonds is 8. The Kier molecular flexibility index (Phi) is 40.1. The van der Waals surface area contributed by atoms with Gasteiger partial charge in [0.1, 0.15) is 23.3 Å². The quantitative estimate of drug-likeness (QED) is 0.0576. The molecule has 2 radical (unpaired) electrons. The summed E-state index contributed by atoms with van der Waals surface area (Å²) in [6, 6.07) is 7.63. The van der Waals surface area contributed by atoms with Gasteiger partial charge in [-0.15, -0.1) is 0 Å². The van der Waals surface area contributed by atoms with Crippen molar-refractivity contribution in [2.24, 2.45) is 0 Å². The number of cyclic esters (lactones) is 2. The maximum atomic E-state index is 12.0. The number of nitrogens with zero attached hydrogens (tertiary/aromatic N) is 9. The molecule has 0 saturated carbocycles. The fourth-order valence-electron chi connectivity index (χ4n) is 6.27. The molecular formula is C44H71Br2N13O8Y2-4. The van der Waals surface area contributed by atoms with E-state index in [0.717, 1.165) is 84.1 Å². The van der Waals surface area contributed by atoms with Crippen molar-refractivity contribution >= 4 is 90.6 Å². The number of carboxylic acid groups (broad SMARTS) is 1. The number of carboxylic acids is 1. The summed E-state index contributed by atoms with van der Waals surface area (Å²) < 4.78 is 9.76. The van der Waals surface area contributed by atoms with Crippen LogP contribution in [0.3, 0.4) is 0 Å². The summed E-state index contributed by atoms with van der Waals surface area (Å²) in [5.41, 5.74) is 9.12. The van der Waals surface area contributed by atoms with E-state index in [2.05, 4.69) is 80.4 Å². The SMILES string of the molecule is BrCCCBr.C.Cc1cc(N)n[nH]1.Cc1cc2n(n1)CCCN2.Cc1cc2n(n1)CCCN2C(=O)CCC(=O)O.O=C1CCC(=O)O1.[CH2-]C(=O)CCC(=O)N1CCCn2nc(C)cc21.[CH3-].[CH3-].[NH2-].[Y].[Y]. The number of H-pyrrole nitrogens is 1. The van der Waals surface area contributed by atoms with Gasteiger partial charge < -0.3 is 53.6 Å². The summed E-state index contributed by atoms with van der Waals surface area (Å²) in [5, 5.41) is 33.4. The summed E-state index contributed by atoms with van der Waals surface area (Å²) >= 11 is 6.56. The Balaban J connectivity index is -0.000000379. The molecule has 8 heterocycles. The Morgan fingerprint density at radius 3 is 1.52 bits per heavy atom. The fraction of sp³-hybridized carbons (Fsp3) is 0.523. The maximum absolute atomic E-state index is 12.0. The number of carbonyl (C=O) groups excluding carboxylic acids is 5. The Morgan fingerprint density at radius 1 is 0.725 bits per heavy atom. The molecule has 384 valence electrons. The smallest absolute Gasteiger partial charge is 0.314 e. The number of amides is 2. The number of ether oxygens (including phenoxy) is 1. The number of aromatic amines is 1. The normalized spacial score (nSPS) is 13.1. The third-order valence-corrected chi connectivity index (χ3v) is 10.2. The van der Waals surface area contributed by atoms with Crippen LogP contribution >= 0.6 is 31.9 Å². The fourth-order valence-corrected chi connectivity index (χ4v) is 7.59. The van der Waals surface area contributed by atoms with Crippen LogP contribution in [-0.2, 0) is 119 Å². The minimum atomic E-state index is -0.944. The molecule has 0 bridgehead atoms. The minimum Gasteiger partial charge on any atom is -0.693 e. The zero-order chi connectivity index (χ0) is 46.5. The van der Waals surface area contributed by atoms with E-state index in [1.165, 1.54) is 18.7 Å². The first-order valence-corrected chi connectivity index (χ1v) is 22.9. The molecule has 2 amide bonds. The van der Waals surface area contributed by atoms with Crippen LogP contribution in [0.15, 0.2) is 24.3 Å². The molecule has 4 aliphatic heterocycles. The Labute approximate surface area is 474 Å². The van der Waals surface area contributed by atoms with Crippen molar-refractivity contribution in [1.29, 1.82) is 0 Å². The number of nitrogens with two attached hydrogens (primary N) is 2. The van der Waals surface area contributed by atoms with Crippen molar-refractivity contribution in [3.63, 3.8) is 0 Å². The van der Waals surface area contributed by atoms with Gasteiger partial charge in [-0.25, -0.2) is 14.0 Å². The molecule has 0 aliphatic carbocycles. The van der Waals surface area contributed by atoms with E-state index in [4.69, 9.17) is 10.8 Å². The molecule has 7 N–H and O–H groups in total. The number of aliphatic carboxylic acids is 1. The number of nitrogen functional groups attached to an aromatic ring is 1. The standard InChI is InChI=1S/C12H16N3O2.C11H15N3O3.C7H11N3.C4H7N3.C4H4O3.C3H6Br2.CH4.2CH3.H2N.2Y/c1-9-8-11-14(6-3-7-15(11)13-9)12(17)5-4-10(2)16;1-8-7-9-13(5-2-6-14(9)12-8)10(15)3-4-11(16)17;1-6-5-7-8-3-2-4-10(7)9-6;1-3-2-4(5)7-6-3;5-3-1-2-4(6)7-3;4-2-1-3-5;;;;;;/h8H,2-7H2,1H3;7H,2-6H2,1H3,(H,16,17);5,8H,2-4H2,1H3;2H,1H3,(H3,5,6,7);1-2H2;1-3H2;1H4;2*1H3;1H2;;/q-1;;;;;;;3*-1;;. The van der Waals surface area contributed by atoms with Gasteiger partial charge in [0.05, 0.1) is 36.3 Å². The van der Waals surface area contributed by atoms with Gasteiger partial charge in [0, 0.05) is 158 Å². The Morgan fingerprint density at radius 2 is 1.17 bits per heavy atom. The first-order valence-electron chi connectivity index (χ1n) is 20.7. The summed E-state index contributed by atoms with van der Waals surface area (Å²) in [6.45, 7) is 16.2. The van der Waals surface area contributed by atoms with Gasteiger partial charge in [0.25, 0.3) is 0 Å². The van der Waals surface area contributed by atoms with Gasteiger partial charge in [0.2, 0.25) is 11.8 Å². The van der Waals surface area contributed by atoms with Gasteiger partial charge >= 0.3 is 17.9 Å². The zero-order valence-corrected chi connectivity index (χ0v) is 49.0. The second-order valence-corrected chi connectivity index (χ2v) is 16.3. The van der Waals surface area contributed by atoms with Crippen molar-refractivity contribution in [2.45, 2.75) is 119 Å². The number of halogens is 2. The number of fused-ring (bicyclic) bond motifs is 3. The summed E-state index contributed by atoms with van der Waals surface area (Å²) in [6.07, 6.45) is 5.05. The summed E-state index contributed by atoms with van der Waals surface area (Å²) in [7, 11) is 0. The molecule has 0 atom stereocenters. The molecular weight excluding hydrogens is 1180 g/mol. The van der Waals surface area contributed by atoms with Crippen LogP contribution in [0.1, 0.15) is 94.4 Å². The predicted octanol–water partition coefficient (Wildman–Crippen LogP) is 7.48. The zero-order valence-electron chi connectivity index (χ0n) is 40.1. The van der Waals surface area contributed by atoms with E-state index in [-0.39, 0.29) is 150 Å². The first-order chi connectivity index (χ1) is 30.0. The van der Waals surface area contributed by atoms with E-state index in [1.807, 2.05) is 49.2 Å². The molecule has 4 aliphatic rings. The number of aromatic nitrogens is 8. The average Bonchev–Trinajstić information content (AvgIpc) is 4.08. The van der Waals surface area contributed by atoms with Gasteiger partial charge in [-0.1, -0.05) is 39.3 Å². The van der Waals surface area contributed by atoms with Gasteiger partial charge in [-0.3, -0.25) is 38.9 Å². The molecule has 8 rings (SSSR count). The molecule has 0 spiro atoms. The first kappa shape index (κ1) is 72.2. The molecule has 1 saturated heterocycles. The second-order valence-electron chi connectivity index (χ2n) is 14.7. The molecule has 0 aromatic carbocycles. The van der Waals surface area contributed by atoms with Gasteiger partial charge in [-0.2, -0.15) is 20.4 Å². The number of Topliss-reactive ketones (excluding diaryl/α,β-unsaturated/α-hetero) is 1. The van der Waals surface area contributed by atoms with Crippen LogP contribution in [0, 0.1) is 49.5 Å². The van der Waals surface area contributed by atoms with Gasteiger partial charge in [-0.05, 0) is 65.6 Å². The number of esters is 2. The number of nitrogens with one attached hydrogen (secondary N) is 2. The van der Waals surface area contributed by atoms with Gasteiger partial charge in [0.15, 0.2) is 0 Å². The Bertz CT molecular complexity index is 2000. The molecule has 4 aromatic rings. The van der Waals surface area contributed by atoms with E-state index >= 15 is 0 Å². The molecule has 1 fully saturated rings. The van der Waals surface area contributed by atoms with Crippen LogP contribution in [0.25, 0.3) is 6.15 Å². The number of alkyl halides is 2. The number of aryl methyl sites for hydroxylation is 7. The molecule has 4 aromatic heterocycles. The van der Waals surface area contributed by atoms with E-state index in [0.29, 0.717) is 18.9 Å². The largest absolute Gasteiger partial charge is 0.693 e. The average molecular weight is 1250 g/mol. The monoisotopic (exact) mass is 1250 g/mol. The number of anilines is 4. The number of ketones is 1. The van der Waals surface area contributed by atoms with Crippen molar-refractivity contribution < 1.29 is 104 Å². The summed E-state index contributed by atoms with van der Waals surface area (Å²) in [4.78, 5) is 68.5. The number of hydrogen-bond donors (Lipinski definition) is 4. The molecule has 69 heavy (non-hydrogen) atoms. The van der Waals surface area contributed by atoms with E-state index < -0.39 is 17.9 Å². The second kappa shape index (κ2) is 38.3. The van der Waals surface area contributed by atoms with E-state index in [9.17, 15) is 28.8 Å². The van der Waals surface area contributed by atoms with Crippen molar-refractivity contribution in [2.75, 3.05) is 51.1 Å². The molecule has 21 nitrogen and oxygen atoms in total.